The number of morpholine rings is 1. The third kappa shape index (κ3) is 6.53. The van der Waals surface area contributed by atoms with Crippen LogP contribution in [0.3, 0.4) is 0 Å². The summed E-state index contributed by atoms with van der Waals surface area (Å²) in [7, 11) is 0. The van der Waals surface area contributed by atoms with Gasteiger partial charge >= 0.3 is 0 Å². The summed E-state index contributed by atoms with van der Waals surface area (Å²) in [6, 6.07) is 6.82. The molecule has 2 fully saturated rings. The van der Waals surface area contributed by atoms with E-state index in [2.05, 4.69) is 10.2 Å². The van der Waals surface area contributed by atoms with Gasteiger partial charge in [0.25, 0.3) is 5.91 Å². The third-order valence-electron chi connectivity index (χ3n) is 6.11. The van der Waals surface area contributed by atoms with E-state index in [1.165, 1.54) is 0 Å². The molecule has 2 aliphatic heterocycles. The number of hydrogen-bond acceptors (Lipinski definition) is 5. The molecule has 0 spiro atoms. The van der Waals surface area contributed by atoms with Gasteiger partial charge in [-0.1, -0.05) is 32.0 Å². The zero-order chi connectivity index (χ0) is 23.1. The lowest BCUT2D eigenvalue weighted by atomic mass is 10.0. The lowest BCUT2D eigenvalue weighted by Gasteiger charge is -2.38. The van der Waals surface area contributed by atoms with Crippen molar-refractivity contribution in [2.75, 3.05) is 59.0 Å². The average Bonchev–Trinajstić information content (AvgIpc) is 2.79. The number of hydrogen-bond donors (Lipinski definition) is 1. The van der Waals surface area contributed by atoms with Crippen LogP contribution in [0.5, 0.6) is 0 Å². The molecule has 1 N–H and O–H groups in total. The number of carbonyl (C=O) groups is 3. The summed E-state index contributed by atoms with van der Waals surface area (Å²) in [5.74, 6) is 0.0745. The molecule has 2 saturated heterocycles. The van der Waals surface area contributed by atoms with E-state index in [0.717, 1.165) is 18.7 Å². The van der Waals surface area contributed by atoms with Crippen LogP contribution in [0.1, 0.15) is 36.2 Å². The molecule has 1 aromatic carbocycles. The van der Waals surface area contributed by atoms with Crippen LogP contribution in [-0.4, -0.2) is 97.5 Å². The van der Waals surface area contributed by atoms with Gasteiger partial charge in [-0.05, 0) is 30.9 Å². The van der Waals surface area contributed by atoms with Crippen LogP contribution in [0, 0.1) is 12.8 Å². The van der Waals surface area contributed by atoms with E-state index in [1.54, 1.807) is 11.0 Å². The molecule has 0 aromatic heterocycles. The quantitative estimate of drug-likeness (QED) is 0.682. The first-order chi connectivity index (χ1) is 15.3. The van der Waals surface area contributed by atoms with Crippen LogP contribution in [0.2, 0.25) is 0 Å². The second kappa shape index (κ2) is 11.4. The molecule has 1 aromatic rings. The molecule has 1 unspecified atom stereocenters. The van der Waals surface area contributed by atoms with E-state index < -0.39 is 6.04 Å². The van der Waals surface area contributed by atoms with Gasteiger partial charge in [0.2, 0.25) is 11.8 Å². The van der Waals surface area contributed by atoms with Crippen LogP contribution < -0.4 is 5.32 Å². The van der Waals surface area contributed by atoms with Crippen molar-refractivity contribution in [3.05, 3.63) is 35.4 Å². The number of benzene rings is 1. The van der Waals surface area contributed by atoms with E-state index in [9.17, 15) is 14.4 Å². The van der Waals surface area contributed by atoms with Gasteiger partial charge in [0.1, 0.15) is 6.04 Å². The molecule has 0 saturated carbocycles. The summed E-state index contributed by atoms with van der Waals surface area (Å²) in [5.41, 5.74) is 1.47. The molecule has 8 nitrogen and oxygen atoms in total. The molecule has 3 amide bonds. The van der Waals surface area contributed by atoms with Crippen molar-refractivity contribution in [1.82, 2.24) is 20.0 Å². The van der Waals surface area contributed by atoms with E-state index in [-0.39, 0.29) is 23.6 Å². The van der Waals surface area contributed by atoms with Crippen LogP contribution >= 0.6 is 0 Å². The maximum absolute atomic E-state index is 13.3. The number of nitrogens with zero attached hydrogens (tertiary/aromatic N) is 3. The highest BCUT2D eigenvalue weighted by molar-refractivity contribution is 5.98. The Morgan fingerprint density at radius 1 is 0.969 bits per heavy atom. The number of ether oxygens (including phenoxy) is 1. The zero-order valence-corrected chi connectivity index (χ0v) is 19.5. The Labute approximate surface area is 190 Å². The number of nitrogens with one attached hydrogen (secondary N) is 1. The maximum Gasteiger partial charge on any atom is 0.252 e. The number of amides is 3. The topological polar surface area (TPSA) is 82.2 Å². The normalized spacial score (nSPS) is 18.5. The number of rotatable bonds is 7. The first-order valence-corrected chi connectivity index (χ1v) is 11.6. The number of aryl methyl sites for hydroxylation is 1. The summed E-state index contributed by atoms with van der Waals surface area (Å²) in [6.07, 6.45) is 0.576. The van der Waals surface area contributed by atoms with Gasteiger partial charge in [-0.15, -0.1) is 0 Å². The Hall–Kier alpha value is -2.45. The summed E-state index contributed by atoms with van der Waals surface area (Å²) < 4.78 is 5.34. The minimum absolute atomic E-state index is 0.0686. The molecule has 176 valence electrons. The molecular weight excluding hydrogens is 408 g/mol. The highest BCUT2D eigenvalue weighted by Gasteiger charge is 2.31. The second-order valence-electron chi connectivity index (χ2n) is 9.07. The van der Waals surface area contributed by atoms with Gasteiger partial charge in [-0.3, -0.25) is 19.3 Å². The summed E-state index contributed by atoms with van der Waals surface area (Å²) >= 11 is 0. The molecule has 3 rings (SSSR count). The van der Waals surface area contributed by atoms with Crippen LogP contribution in [-0.2, 0) is 14.3 Å². The summed E-state index contributed by atoms with van der Waals surface area (Å²) in [6.45, 7) is 11.3. The van der Waals surface area contributed by atoms with Gasteiger partial charge in [-0.25, -0.2) is 0 Å². The molecule has 8 heteroatoms. The second-order valence-corrected chi connectivity index (χ2v) is 9.07. The van der Waals surface area contributed by atoms with E-state index >= 15 is 0 Å². The first-order valence-electron chi connectivity index (χ1n) is 11.6. The predicted molar refractivity (Wildman–Crippen MR) is 122 cm³/mol. The molecule has 0 bridgehead atoms. The minimum Gasteiger partial charge on any atom is -0.379 e. The average molecular weight is 445 g/mol. The SMILES string of the molecule is Cc1ccccc1C(=O)NC(CC(C)C)C(=O)N1CCN(C(=O)CN2CCOCC2)CC1. The van der Waals surface area contributed by atoms with Gasteiger partial charge in [0, 0.05) is 44.8 Å². The van der Waals surface area contributed by atoms with Gasteiger partial charge < -0.3 is 19.9 Å². The minimum atomic E-state index is -0.572. The fourth-order valence-electron chi connectivity index (χ4n) is 4.20. The molecular formula is C24H36N4O4. The van der Waals surface area contributed by atoms with Gasteiger partial charge in [0.15, 0.2) is 0 Å². The largest absolute Gasteiger partial charge is 0.379 e. The monoisotopic (exact) mass is 444 g/mol. The zero-order valence-electron chi connectivity index (χ0n) is 19.5. The van der Waals surface area contributed by atoms with Crippen molar-refractivity contribution in [3.8, 4) is 0 Å². The van der Waals surface area contributed by atoms with E-state index in [1.807, 2.05) is 43.9 Å². The molecule has 0 radical (unpaired) electrons. The third-order valence-corrected chi connectivity index (χ3v) is 6.11. The highest BCUT2D eigenvalue weighted by atomic mass is 16.5. The van der Waals surface area contributed by atoms with Gasteiger partial charge in [0.05, 0.1) is 19.8 Å². The Bertz CT molecular complexity index is 799. The highest BCUT2D eigenvalue weighted by Crippen LogP contribution is 2.14. The fraction of sp³-hybridized carbons (Fsp3) is 0.625. The Morgan fingerprint density at radius 3 is 2.22 bits per heavy atom. The summed E-state index contributed by atoms with van der Waals surface area (Å²) in [5, 5.41) is 2.96. The Morgan fingerprint density at radius 2 is 1.59 bits per heavy atom. The van der Waals surface area contributed by atoms with Crippen LogP contribution in [0.4, 0.5) is 0 Å². The predicted octanol–water partition coefficient (Wildman–Crippen LogP) is 1.14. The number of piperazine rings is 1. The smallest absolute Gasteiger partial charge is 0.252 e. The standard InChI is InChI=1S/C24H36N4O4/c1-18(2)16-21(25-23(30)20-7-5-4-6-19(20)3)24(31)28-10-8-27(9-11-28)22(29)17-26-12-14-32-15-13-26/h4-7,18,21H,8-17H2,1-3H3,(H,25,30). The maximum atomic E-state index is 13.3. The van der Waals surface area contributed by atoms with E-state index in [0.29, 0.717) is 57.9 Å². The molecule has 2 heterocycles. The van der Waals surface area contributed by atoms with Crippen molar-refractivity contribution in [2.24, 2.45) is 5.92 Å². The Balaban J connectivity index is 1.55. The summed E-state index contributed by atoms with van der Waals surface area (Å²) in [4.78, 5) is 44.5. The van der Waals surface area contributed by atoms with Crippen LogP contribution in [0.15, 0.2) is 24.3 Å². The molecule has 2 aliphatic rings. The lowest BCUT2D eigenvalue weighted by molar-refractivity contribution is -0.142. The molecule has 32 heavy (non-hydrogen) atoms. The van der Waals surface area contributed by atoms with Gasteiger partial charge in [-0.2, -0.15) is 0 Å². The van der Waals surface area contributed by atoms with Crippen molar-refractivity contribution in [2.45, 2.75) is 33.2 Å². The van der Waals surface area contributed by atoms with Crippen LogP contribution in [0.25, 0.3) is 0 Å². The van der Waals surface area contributed by atoms with Crippen molar-refractivity contribution in [3.63, 3.8) is 0 Å². The molecule has 0 aliphatic carbocycles. The van der Waals surface area contributed by atoms with E-state index in [4.69, 9.17) is 4.74 Å². The molecule has 1 atom stereocenters. The van der Waals surface area contributed by atoms with Crippen molar-refractivity contribution < 1.29 is 19.1 Å². The van der Waals surface area contributed by atoms with Crippen molar-refractivity contribution >= 4 is 17.7 Å². The lowest BCUT2D eigenvalue weighted by Crippen LogP contribution is -2.57. The Kier molecular flexibility index (Phi) is 8.64. The first kappa shape index (κ1) is 24.2. The number of carbonyl (C=O) groups excluding carboxylic acids is 3. The van der Waals surface area contributed by atoms with Crippen molar-refractivity contribution in [1.29, 1.82) is 0 Å². The fourth-order valence-corrected chi connectivity index (χ4v) is 4.20.